The molecule has 0 aromatic carbocycles. The summed E-state index contributed by atoms with van der Waals surface area (Å²) in [5.41, 5.74) is 0. The first-order valence-corrected chi connectivity index (χ1v) is 2.64. The Labute approximate surface area is 57.7 Å². The first kappa shape index (κ1) is 6.29. The summed E-state index contributed by atoms with van der Waals surface area (Å²) in [6.45, 7) is 0. The molecule has 0 fully saturated rings. The molecule has 1 aromatic rings. The smallest absolute Gasteiger partial charge is 0.226 e. The van der Waals surface area contributed by atoms with Gasteiger partial charge in [-0.15, -0.1) is 0 Å². The number of hydrogen-bond donors (Lipinski definition) is 0. The first-order valence-electron chi connectivity index (χ1n) is 2.26. The molecular weight excluding hydrogens is 140 g/mol. The zero-order valence-corrected chi connectivity index (χ0v) is 5.51. The van der Waals surface area contributed by atoms with E-state index >= 15 is 0 Å². The summed E-state index contributed by atoms with van der Waals surface area (Å²) in [7, 11) is 1.50. The van der Waals surface area contributed by atoms with E-state index < -0.39 is 0 Å². The van der Waals surface area contributed by atoms with Gasteiger partial charge >= 0.3 is 0 Å². The standard InChI is InChI=1S/C5H4ClN2O/c1-9-5-2-4(6)7-3-8-5/h3H,1H3. The predicted molar refractivity (Wildman–Crippen MR) is 32.4 cm³/mol. The van der Waals surface area contributed by atoms with Crippen molar-refractivity contribution in [3.05, 3.63) is 17.5 Å². The second kappa shape index (κ2) is 2.64. The summed E-state index contributed by atoms with van der Waals surface area (Å²) >= 11 is 5.44. The summed E-state index contributed by atoms with van der Waals surface area (Å²) in [6, 6.07) is 2.58. The van der Waals surface area contributed by atoms with Crippen LogP contribution in [0.5, 0.6) is 5.88 Å². The Balaban J connectivity index is 2.94. The Bertz CT molecular complexity index is 204. The van der Waals surface area contributed by atoms with Crippen LogP contribution >= 0.6 is 11.6 Å². The van der Waals surface area contributed by atoms with Gasteiger partial charge in [-0.3, -0.25) is 0 Å². The minimum Gasteiger partial charge on any atom is -0.480 e. The highest BCUT2D eigenvalue weighted by molar-refractivity contribution is 6.29. The van der Waals surface area contributed by atoms with E-state index in [1.54, 1.807) is 0 Å². The van der Waals surface area contributed by atoms with Crippen LogP contribution in [0.1, 0.15) is 0 Å². The van der Waals surface area contributed by atoms with Crippen molar-refractivity contribution >= 4 is 11.6 Å². The van der Waals surface area contributed by atoms with Crippen molar-refractivity contribution in [1.29, 1.82) is 0 Å². The fraction of sp³-hybridized carbons (Fsp3) is 0.200. The number of hydrogen-bond acceptors (Lipinski definition) is 3. The second-order valence-corrected chi connectivity index (χ2v) is 1.66. The van der Waals surface area contributed by atoms with Gasteiger partial charge in [0.1, 0.15) is 11.5 Å². The number of aromatic nitrogens is 2. The van der Waals surface area contributed by atoms with Gasteiger partial charge in [0.15, 0.2) is 0 Å². The van der Waals surface area contributed by atoms with Crippen LogP contribution in [0.2, 0.25) is 5.15 Å². The Morgan fingerprint density at radius 3 is 2.89 bits per heavy atom. The van der Waals surface area contributed by atoms with Crippen LogP contribution in [-0.2, 0) is 0 Å². The van der Waals surface area contributed by atoms with Crippen molar-refractivity contribution in [3.8, 4) is 5.88 Å². The maximum absolute atomic E-state index is 5.44. The molecule has 3 nitrogen and oxygen atoms in total. The average molecular weight is 144 g/mol. The molecule has 0 spiro atoms. The van der Waals surface area contributed by atoms with Gasteiger partial charge < -0.3 is 4.74 Å². The number of nitrogens with zero attached hydrogens (tertiary/aromatic N) is 2. The van der Waals surface area contributed by atoms with Gasteiger partial charge in [-0.2, -0.15) is 0 Å². The molecule has 47 valence electrons. The van der Waals surface area contributed by atoms with E-state index in [1.165, 1.54) is 13.4 Å². The van der Waals surface area contributed by atoms with Crippen molar-refractivity contribution < 1.29 is 4.74 Å². The molecule has 0 amide bonds. The largest absolute Gasteiger partial charge is 0.480 e. The lowest BCUT2D eigenvalue weighted by atomic mass is 10.6. The van der Waals surface area contributed by atoms with Crippen molar-refractivity contribution in [2.45, 2.75) is 0 Å². The monoisotopic (exact) mass is 143 g/mol. The van der Waals surface area contributed by atoms with Crippen molar-refractivity contribution in [2.24, 2.45) is 0 Å². The van der Waals surface area contributed by atoms with E-state index in [9.17, 15) is 0 Å². The molecule has 4 heteroatoms. The van der Waals surface area contributed by atoms with Gasteiger partial charge in [0.2, 0.25) is 5.88 Å². The van der Waals surface area contributed by atoms with Crippen LogP contribution in [0.15, 0.2) is 6.33 Å². The van der Waals surface area contributed by atoms with E-state index in [0.29, 0.717) is 5.88 Å². The van der Waals surface area contributed by atoms with Gasteiger partial charge in [-0.25, -0.2) is 9.97 Å². The number of rotatable bonds is 1. The zero-order valence-electron chi connectivity index (χ0n) is 4.76. The third-order valence-electron chi connectivity index (χ3n) is 0.749. The Morgan fingerprint density at radius 2 is 2.44 bits per heavy atom. The molecule has 0 saturated heterocycles. The summed E-state index contributed by atoms with van der Waals surface area (Å²) in [6.07, 6.45) is 1.32. The lowest BCUT2D eigenvalue weighted by molar-refractivity contribution is 0.396. The van der Waals surface area contributed by atoms with Gasteiger partial charge in [-0.1, -0.05) is 11.6 Å². The predicted octanol–water partition coefficient (Wildman–Crippen LogP) is 0.939. The molecule has 1 radical (unpaired) electrons. The van der Waals surface area contributed by atoms with E-state index in [4.69, 9.17) is 16.3 Å². The molecule has 0 aliphatic heterocycles. The lowest BCUT2D eigenvalue weighted by Gasteiger charge is -1.93. The highest BCUT2D eigenvalue weighted by Crippen LogP contribution is 2.07. The molecule has 0 atom stereocenters. The molecule has 0 aliphatic rings. The number of halogens is 1. The van der Waals surface area contributed by atoms with Crippen LogP contribution in [-0.4, -0.2) is 17.1 Å². The van der Waals surface area contributed by atoms with E-state index in [-0.39, 0.29) is 5.15 Å². The highest BCUT2D eigenvalue weighted by Gasteiger charge is 1.92. The van der Waals surface area contributed by atoms with Gasteiger partial charge in [0, 0.05) is 0 Å². The maximum Gasteiger partial charge on any atom is 0.226 e. The molecular formula is C5H4ClN2O. The van der Waals surface area contributed by atoms with E-state index in [1.807, 2.05) is 0 Å². The molecule has 0 aliphatic carbocycles. The fourth-order valence-corrected chi connectivity index (χ4v) is 0.513. The van der Waals surface area contributed by atoms with Crippen molar-refractivity contribution in [2.75, 3.05) is 7.11 Å². The van der Waals surface area contributed by atoms with Crippen molar-refractivity contribution in [1.82, 2.24) is 9.97 Å². The zero-order chi connectivity index (χ0) is 6.69. The summed E-state index contributed by atoms with van der Waals surface area (Å²) in [5.74, 6) is 0.356. The SMILES string of the molecule is COc1[c]c(Cl)ncn1. The maximum atomic E-state index is 5.44. The van der Waals surface area contributed by atoms with Gasteiger partial charge in [0.25, 0.3) is 0 Å². The van der Waals surface area contributed by atoms with Gasteiger partial charge in [0.05, 0.1) is 13.2 Å². The molecule has 1 heterocycles. The summed E-state index contributed by atoms with van der Waals surface area (Å²) in [5, 5.41) is 0.266. The minimum absolute atomic E-state index is 0.266. The molecule has 1 aromatic heterocycles. The number of methoxy groups -OCH3 is 1. The normalized spacial score (nSPS) is 9.11. The molecule has 0 unspecified atom stereocenters. The van der Waals surface area contributed by atoms with Gasteiger partial charge in [-0.05, 0) is 0 Å². The topological polar surface area (TPSA) is 35.0 Å². The minimum atomic E-state index is 0.266. The van der Waals surface area contributed by atoms with Crippen LogP contribution < -0.4 is 4.74 Å². The lowest BCUT2D eigenvalue weighted by Crippen LogP contribution is -1.87. The van der Waals surface area contributed by atoms with Crippen LogP contribution in [0.3, 0.4) is 0 Å². The van der Waals surface area contributed by atoms with Crippen LogP contribution in [0.25, 0.3) is 0 Å². The van der Waals surface area contributed by atoms with E-state index in [0.717, 1.165) is 0 Å². The average Bonchev–Trinajstić information content (AvgIpc) is 1.88. The van der Waals surface area contributed by atoms with Crippen LogP contribution in [0.4, 0.5) is 0 Å². The van der Waals surface area contributed by atoms with Crippen molar-refractivity contribution in [3.63, 3.8) is 0 Å². The molecule has 0 bridgehead atoms. The molecule has 0 N–H and O–H groups in total. The Hall–Kier alpha value is -0.830. The summed E-state index contributed by atoms with van der Waals surface area (Å²) in [4.78, 5) is 7.29. The fourth-order valence-electron chi connectivity index (χ4n) is 0.389. The Kier molecular flexibility index (Phi) is 1.85. The van der Waals surface area contributed by atoms with E-state index in [2.05, 4.69) is 16.0 Å². The summed E-state index contributed by atoms with van der Waals surface area (Å²) < 4.78 is 4.70. The quantitative estimate of drug-likeness (QED) is 0.549. The second-order valence-electron chi connectivity index (χ2n) is 1.30. The first-order chi connectivity index (χ1) is 4.33. The highest BCUT2D eigenvalue weighted by atomic mass is 35.5. The third-order valence-corrected chi connectivity index (χ3v) is 0.942. The molecule has 0 saturated carbocycles. The Morgan fingerprint density at radius 1 is 1.67 bits per heavy atom. The third kappa shape index (κ3) is 1.54. The molecule has 1 rings (SSSR count). The van der Waals surface area contributed by atoms with Crippen LogP contribution in [0, 0.1) is 6.07 Å². The number of ether oxygens (including phenoxy) is 1. The molecule has 9 heavy (non-hydrogen) atoms.